The lowest BCUT2D eigenvalue weighted by Gasteiger charge is -2.29. The number of rotatable bonds is 2. The first-order valence-corrected chi connectivity index (χ1v) is 6.33. The Labute approximate surface area is 101 Å². The van der Waals surface area contributed by atoms with E-state index in [2.05, 4.69) is 17.1 Å². The number of anilines is 1. The largest absolute Gasteiger partial charge is 0.383 e. The van der Waals surface area contributed by atoms with E-state index in [1.54, 1.807) is 0 Å². The van der Waals surface area contributed by atoms with Crippen LogP contribution in [0.15, 0.2) is 6.20 Å². The van der Waals surface area contributed by atoms with Gasteiger partial charge in [-0.3, -0.25) is 9.89 Å². The molecule has 1 unspecified atom stereocenters. The molecule has 0 radical (unpaired) electrons. The van der Waals surface area contributed by atoms with Crippen molar-refractivity contribution in [3.8, 4) is 0 Å². The summed E-state index contributed by atoms with van der Waals surface area (Å²) in [5, 5.41) is 6.43. The fraction of sp³-hybridized carbons (Fsp3) is 0.667. The third-order valence-corrected chi connectivity index (χ3v) is 3.51. The number of H-pyrrole nitrogens is 1. The zero-order valence-electron chi connectivity index (χ0n) is 10.3. The van der Waals surface area contributed by atoms with E-state index in [1.807, 2.05) is 4.90 Å². The van der Waals surface area contributed by atoms with Crippen LogP contribution in [0.25, 0.3) is 0 Å². The van der Waals surface area contributed by atoms with E-state index >= 15 is 0 Å². The molecule has 1 aliphatic rings. The molecule has 0 aromatic carbocycles. The average molecular weight is 236 g/mol. The second kappa shape index (κ2) is 5.21. The second-order valence-electron chi connectivity index (χ2n) is 4.61. The van der Waals surface area contributed by atoms with Gasteiger partial charge in [-0.15, -0.1) is 0 Å². The zero-order valence-corrected chi connectivity index (χ0v) is 10.3. The number of hydrogen-bond donors (Lipinski definition) is 2. The van der Waals surface area contributed by atoms with Crippen molar-refractivity contribution in [1.29, 1.82) is 0 Å². The Morgan fingerprint density at radius 3 is 3.06 bits per heavy atom. The third-order valence-electron chi connectivity index (χ3n) is 3.51. The predicted octanol–water partition coefficient (Wildman–Crippen LogP) is 1.79. The number of aromatic nitrogens is 2. The minimum Gasteiger partial charge on any atom is -0.383 e. The van der Waals surface area contributed by atoms with Gasteiger partial charge in [0.15, 0.2) is 0 Å². The Morgan fingerprint density at radius 2 is 2.41 bits per heavy atom. The number of amides is 1. The number of nitrogen functional groups attached to an aromatic ring is 1. The molecule has 0 aliphatic carbocycles. The first kappa shape index (κ1) is 12.0. The Hall–Kier alpha value is -1.52. The summed E-state index contributed by atoms with van der Waals surface area (Å²) in [4.78, 5) is 14.4. The van der Waals surface area contributed by atoms with Crippen molar-refractivity contribution in [3.63, 3.8) is 0 Å². The van der Waals surface area contributed by atoms with Crippen LogP contribution >= 0.6 is 0 Å². The molecule has 1 atom stereocenters. The van der Waals surface area contributed by atoms with Gasteiger partial charge in [-0.25, -0.2) is 0 Å². The van der Waals surface area contributed by atoms with E-state index < -0.39 is 0 Å². The molecule has 0 saturated carbocycles. The number of nitrogens with zero attached hydrogens (tertiary/aromatic N) is 2. The van der Waals surface area contributed by atoms with Crippen LogP contribution in [0.1, 0.15) is 49.4 Å². The number of nitrogens with two attached hydrogens (primary N) is 1. The Balaban J connectivity index is 2.18. The van der Waals surface area contributed by atoms with Gasteiger partial charge in [0.1, 0.15) is 11.4 Å². The fourth-order valence-electron chi connectivity index (χ4n) is 2.49. The summed E-state index contributed by atoms with van der Waals surface area (Å²) < 4.78 is 0. The van der Waals surface area contributed by atoms with Crippen LogP contribution in [-0.4, -0.2) is 33.6 Å². The summed E-state index contributed by atoms with van der Waals surface area (Å²) >= 11 is 0. The smallest absolute Gasteiger partial charge is 0.259 e. The lowest BCUT2D eigenvalue weighted by molar-refractivity contribution is 0.0679. The molecule has 2 heterocycles. The number of nitrogens with one attached hydrogen (secondary N) is 1. The van der Waals surface area contributed by atoms with E-state index in [0.29, 0.717) is 17.4 Å². The van der Waals surface area contributed by atoms with Crippen LogP contribution in [0.3, 0.4) is 0 Å². The van der Waals surface area contributed by atoms with Gasteiger partial charge in [-0.1, -0.05) is 19.8 Å². The van der Waals surface area contributed by atoms with Crippen molar-refractivity contribution >= 4 is 11.7 Å². The number of likely N-dealkylation sites (tertiary alicyclic amines) is 1. The lowest BCUT2D eigenvalue weighted by atomic mass is 10.1. The summed E-state index contributed by atoms with van der Waals surface area (Å²) in [7, 11) is 0. The van der Waals surface area contributed by atoms with Crippen molar-refractivity contribution in [2.45, 2.75) is 45.1 Å². The van der Waals surface area contributed by atoms with Gasteiger partial charge in [0.25, 0.3) is 5.91 Å². The maximum absolute atomic E-state index is 12.4. The normalized spacial score (nSPS) is 21.2. The van der Waals surface area contributed by atoms with Gasteiger partial charge in [0.2, 0.25) is 0 Å². The molecule has 94 valence electrons. The van der Waals surface area contributed by atoms with Crippen molar-refractivity contribution in [3.05, 3.63) is 11.8 Å². The molecule has 1 saturated heterocycles. The average Bonchev–Trinajstić information content (AvgIpc) is 2.64. The molecule has 2 rings (SSSR count). The molecule has 1 fully saturated rings. The van der Waals surface area contributed by atoms with E-state index in [9.17, 15) is 4.79 Å². The zero-order chi connectivity index (χ0) is 12.3. The highest BCUT2D eigenvalue weighted by Gasteiger charge is 2.26. The molecule has 5 heteroatoms. The summed E-state index contributed by atoms with van der Waals surface area (Å²) in [6, 6.07) is 0.347. The van der Waals surface area contributed by atoms with E-state index in [4.69, 9.17) is 5.73 Å². The minimum atomic E-state index is 0.0185. The first-order chi connectivity index (χ1) is 8.24. The quantitative estimate of drug-likeness (QED) is 0.822. The Bertz CT molecular complexity index is 388. The molecule has 1 amide bonds. The predicted molar refractivity (Wildman–Crippen MR) is 66.6 cm³/mol. The van der Waals surface area contributed by atoms with Gasteiger partial charge >= 0.3 is 0 Å². The van der Waals surface area contributed by atoms with Crippen LogP contribution < -0.4 is 5.73 Å². The molecule has 0 spiro atoms. The van der Waals surface area contributed by atoms with Crippen molar-refractivity contribution < 1.29 is 4.79 Å². The van der Waals surface area contributed by atoms with Gasteiger partial charge < -0.3 is 10.6 Å². The van der Waals surface area contributed by atoms with E-state index in [1.165, 1.54) is 19.0 Å². The number of aromatic amines is 1. The molecule has 3 N–H and O–H groups in total. The highest BCUT2D eigenvalue weighted by molar-refractivity contribution is 5.98. The fourth-order valence-corrected chi connectivity index (χ4v) is 2.49. The van der Waals surface area contributed by atoms with Crippen LogP contribution in [0.2, 0.25) is 0 Å². The molecule has 1 aliphatic heterocycles. The van der Waals surface area contributed by atoms with E-state index in [-0.39, 0.29) is 5.91 Å². The first-order valence-electron chi connectivity index (χ1n) is 6.33. The number of carbonyl (C=O) groups is 1. The summed E-state index contributed by atoms with van der Waals surface area (Å²) in [6.45, 7) is 2.97. The molecule has 0 bridgehead atoms. The summed E-state index contributed by atoms with van der Waals surface area (Å²) in [5.41, 5.74) is 6.21. The highest BCUT2D eigenvalue weighted by Crippen LogP contribution is 2.22. The standard InChI is InChI=1S/C12H20N4O/c1-2-9-6-4-3-5-7-16(9)12(17)10-8-14-15-11(10)13/h8-9H,2-7H2,1H3,(H3,13,14,15). The molecular weight excluding hydrogens is 216 g/mol. The van der Waals surface area contributed by atoms with Crippen LogP contribution in [0, 0.1) is 0 Å². The van der Waals surface area contributed by atoms with Gasteiger partial charge in [-0.2, -0.15) is 5.10 Å². The molecule has 1 aromatic rings. The number of hydrogen-bond acceptors (Lipinski definition) is 3. The SMILES string of the molecule is CCC1CCCCCN1C(=O)c1cn[nH]c1N. The summed E-state index contributed by atoms with van der Waals surface area (Å²) in [6.07, 6.45) is 7.13. The topological polar surface area (TPSA) is 75.0 Å². The Morgan fingerprint density at radius 1 is 1.59 bits per heavy atom. The Kier molecular flexibility index (Phi) is 3.66. The van der Waals surface area contributed by atoms with Gasteiger partial charge in [0.05, 0.1) is 6.20 Å². The minimum absolute atomic E-state index is 0.0185. The second-order valence-corrected chi connectivity index (χ2v) is 4.61. The molecule has 17 heavy (non-hydrogen) atoms. The highest BCUT2D eigenvalue weighted by atomic mass is 16.2. The summed E-state index contributed by atoms with van der Waals surface area (Å²) in [5.74, 6) is 0.388. The van der Waals surface area contributed by atoms with Crippen LogP contribution in [-0.2, 0) is 0 Å². The third kappa shape index (κ3) is 2.43. The molecular formula is C12H20N4O. The van der Waals surface area contributed by atoms with Crippen molar-refractivity contribution in [2.24, 2.45) is 0 Å². The van der Waals surface area contributed by atoms with Crippen molar-refractivity contribution in [2.75, 3.05) is 12.3 Å². The monoisotopic (exact) mass is 236 g/mol. The van der Waals surface area contributed by atoms with Crippen LogP contribution in [0.5, 0.6) is 0 Å². The van der Waals surface area contributed by atoms with Crippen molar-refractivity contribution in [1.82, 2.24) is 15.1 Å². The maximum atomic E-state index is 12.4. The lowest BCUT2D eigenvalue weighted by Crippen LogP contribution is -2.39. The van der Waals surface area contributed by atoms with Crippen LogP contribution in [0.4, 0.5) is 5.82 Å². The maximum Gasteiger partial charge on any atom is 0.259 e. The van der Waals surface area contributed by atoms with E-state index in [0.717, 1.165) is 25.8 Å². The molecule has 5 nitrogen and oxygen atoms in total. The van der Waals surface area contributed by atoms with Gasteiger partial charge in [-0.05, 0) is 19.3 Å². The number of carbonyl (C=O) groups excluding carboxylic acids is 1. The molecule has 1 aromatic heterocycles. The van der Waals surface area contributed by atoms with Gasteiger partial charge in [0, 0.05) is 12.6 Å².